The maximum Gasteiger partial charge on any atom is 0.227 e. The summed E-state index contributed by atoms with van der Waals surface area (Å²) in [7, 11) is 0. The Kier molecular flexibility index (Phi) is 4.79. The lowest BCUT2D eigenvalue weighted by Crippen LogP contribution is -2.47. The van der Waals surface area contributed by atoms with Gasteiger partial charge in [0.25, 0.3) is 0 Å². The lowest BCUT2D eigenvalue weighted by Gasteiger charge is -2.32. The second-order valence-corrected chi connectivity index (χ2v) is 6.75. The molecule has 2 saturated heterocycles. The van der Waals surface area contributed by atoms with Crippen molar-refractivity contribution in [1.29, 1.82) is 0 Å². The maximum atomic E-state index is 12.9. The van der Waals surface area contributed by atoms with Crippen molar-refractivity contribution >= 4 is 5.91 Å². The van der Waals surface area contributed by atoms with Crippen LogP contribution in [0.4, 0.5) is 0 Å². The van der Waals surface area contributed by atoms with Gasteiger partial charge < -0.3 is 16.0 Å². The third kappa shape index (κ3) is 3.03. The fourth-order valence-electron chi connectivity index (χ4n) is 3.98. The van der Waals surface area contributed by atoms with E-state index in [1.807, 2.05) is 6.07 Å². The van der Waals surface area contributed by atoms with E-state index >= 15 is 0 Å². The van der Waals surface area contributed by atoms with Crippen molar-refractivity contribution < 1.29 is 4.79 Å². The molecule has 4 heteroatoms. The van der Waals surface area contributed by atoms with Gasteiger partial charge in [0.05, 0.1) is 5.92 Å². The minimum Gasteiger partial charge on any atom is -0.341 e. The molecular formula is C18H27N3O. The van der Waals surface area contributed by atoms with E-state index in [1.165, 1.54) is 5.56 Å². The normalized spacial score (nSPS) is 32.2. The zero-order valence-electron chi connectivity index (χ0n) is 13.4. The summed E-state index contributed by atoms with van der Waals surface area (Å²) in [4.78, 5) is 15.0. The smallest absolute Gasteiger partial charge is 0.227 e. The Morgan fingerprint density at radius 2 is 2.09 bits per heavy atom. The van der Waals surface area contributed by atoms with E-state index in [4.69, 9.17) is 5.73 Å². The highest BCUT2D eigenvalue weighted by Gasteiger charge is 2.39. The molecule has 4 nitrogen and oxygen atoms in total. The molecular weight excluding hydrogens is 274 g/mol. The largest absolute Gasteiger partial charge is 0.341 e. The van der Waals surface area contributed by atoms with E-state index in [1.54, 1.807) is 0 Å². The Hall–Kier alpha value is -1.39. The van der Waals surface area contributed by atoms with Crippen molar-refractivity contribution in [2.75, 3.05) is 26.2 Å². The molecule has 0 radical (unpaired) electrons. The standard InChI is InChI=1S/C18H27N3O/c1-13-16(8-5-9-20-13)18(22)21-11-15(10-19)17(12-21)14-6-3-2-4-7-14/h2-4,6-7,13,15-17,20H,5,8-12,19H2,1H3/t13?,15-,16?,17+/m1/s1. The van der Waals surface area contributed by atoms with E-state index in [2.05, 4.69) is 41.4 Å². The van der Waals surface area contributed by atoms with Crippen LogP contribution in [0.5, 0.6) is 0 Å². The molecule has 3 rings (SSSR count). The van der Waals surface area contributed by atoms with Gasteiger partial charge in [-0.1, -0.05) is 30.3 Å². The van der Waals surface area contributed by atoms with Crippen LogP contribution in [0.1, 0.15) is 31.2 Å². The number of nitrogens with one attached hydrogen (secondary N) is 1. The Bertz CT molecular complexity index is 504. The minimum absolute atomic E-state index is 0.127. The fourth-order valence-corrected chi connectivity index (χ4v) is 3.98. The first-order valence-electron chi connectivity index (χ1n) is 8.48. The molecule has 2 unspecified atom stereocenters. The number of nitrogens with zero attached hydrogens (tertiary/aromatic N) is 1. The zero-order chi connectivity index (χ0) is 15.5. The van der Waals surface area contributed by atoms with Crippen molar-refractivity contribution in [3.63, 3.8) is 0 Å². The summed E-state index contributed by atoms with van der Waals surface area (Å²) >= 11 is 0. The highest BCUT2D eigenvalue weighted by atomic mass is 16.2. The third-order valence-electron chi connectivity index (χ3n) is 5.36. The summed E-state index contributed by atoms with van der Waals surface area (Å²) in [5.74, 6) is 1.19. The Morgan fingerprint density at radius 3 is 2.77 bits per heavy atom. The van der Waals surface area contributed by atoms with Gasteiger partial charge in [-0.05, 0) is 44.3 Å². The number of carbonyl (C=O) groups excluding carboxylic acids is 1. The van der Waals surface area contributed by atoms with Crippen molar-refractivity contribution in [2.45, 2.75) is 31.7 Å². The SMILES string of the molecule is CC1NCCCC1C(=O)N1C[C@@H](CN)[C@H](c2ccccc2)C1. The molecule has 2 aliphatic heterocycles. The number of amides is 1. The molecule has 1 aromatic rings. The van der Waals surface area contributed by atoms with Crippen LogP contribution in [0.2, 0.25) is 0 Å². The molecule has 120 valence electrons. The average Bonchev–Trinajstić information content (AvgIpc) is 3.00. The monoisotopic (exact) mass is 301 g/mol. The van der Waals surface area contributed by atoms with Crippen LogP contribution in [0.25, 0.3) is 0 Å². The first-order chi connectivity index (χ1) is 10.7. The zero-order valence-corrected chi connectivity index (χ0v) is 13.4. The maximum absolute atomic E-state index is 12.9. The van der Waals surface area contributed by atoms with Crippen LogP contribution in [-0.2, 0) is 4.79 Å². The van der Waals surface area contributed by atoms with Gasteiger partial charge in [-0.3, -0.25) is 4.79 Å². The van der Waals surface area contributed by atoms with Gasteiger partial charge in [-0.2, -0.15) is 0 Å². The third-order valence-corrected chi connectivity index (χ3v) is 5.36. The van der Waals surface area contributed by atoms with E-state index in [-0.39, 0.29) is 12.0 Å². The molecule has 1 amide bonds. The number of piperidine rings is 1. The molecule has 2 heterocycles. The highest BCUT2D eigenvalue weighted by molar-refractivity contribution is 5.80. The van der Waals surface area contributed by atoms with Gasteiger partial charge in [0, 0.05) is 25.0 Å². The lowest BCUT2D eigenvalue weighted by atomic mass is 9.89. The van der Waals surface area contributed by atoms with Gasteiger partial charge in [0.2, 0.25) is 5.91 Å². The predicted molar refractivity (Wildman–Crippen MR) is 88.5 cm³/mol. The highest BCUT2D eigenvalue weighted by Crippen LogP contribution is 2.33. The summed E-state index contributed by atoms with van der Waals surface area (Å²) in [6.45, 7) is 5.42. The van der Waals surface area contributed by atoms with E-state index in [0.717, 1.165) is 32.5 Å². The number of nitrogens with two attached hydrogens (primary N) is 1. The molecule has 0 aromatic heterocycles. The molecule has 3 N–H and O–H groups in total. The van der Waals surface area contributed by atoms with Gasteiger partial charge in [-0.25, -0.2) is 0 Å². The molecule has 2 aliphatic rings. The number of hydrogen-bond donors (Lipinski definition) is 2. The Balaban J connectivity index is 1.72. The number of likely N-dealkylation sites (tertiary alicyclic amines) is 1. The summed E-state index contributed by atoms with van der Waals surface area (Å²) in [6.07, 6.45) is 2.10. The Morgan fingerprint density at radius 1 is 1.32 bits per heavy atom. The second-order valence-electron chi connectivity index (χ2n) is 6.75. The molecule has 4 atom stereocenters. The number of benzene rings is 1. The molecule has 0 aliphatic carbocycles. The predicted octanol–water partition coefficient (Wildman–Crippen LogP) is 1.58. The molecule has 2 fully saturated rings. The van der Waals surface area contributed by atoms with Crippen LogP contribution < -0.4 is 11.1 Å². The number of carbonyl (C=O) groups is 1. The van der Waals surface area contributed by atoms with Crippen LogP contribution in [0.3, 0.4) is 0 Å². The molecule has 1 aromatic carbocycles. The first-order valence-corrected chi connectivity index (χ1v) is 8.48. The van der Waals surface area contributed by atoms with Gasteiger partial charge in [0.1, 0.15) is 0 Å². The van der Waals surface area contributed by atoms with Crippen LogP contribution >= 0.6 is 0 Å². The van der Waals surface area contributed by atoms with Crippen molar-refractivity contribution in [2.24, 2.45) is 17.6 Å². The van der Waals surface area contributed by atoms with Gasteiger partial charge in [0.15, 0.2) is 0 Å². The molecule has 0 spiro atoms. The number of hydrogen-bond acceptors (Lipinski definition) is 3. The average molecular weight is 301 g/mol. The summed E-state index contributed by atoms with van der Waals surface area (Å²) in [5.41, 5.74) is 7.29. The second kappa shape index (κ2) is 6.80. The number of rotatable bonds is 3. The van der Waals surface area contributed by atoms with Gasteiger partial charge >= 0.3 is 0 Å². The summed E-state index contributed by atoms with van der Waals surface area (Å²) in [6, 6.07) is 10.8. The van der Waals surface area contributed by atoms with Crippen LogP contribution in [0, 0.1) is 11.8 Å². The van der Waals surface area contributed by atoms with Crippen molar-refractivity contribution in [3.05, 3.63) is 35.9 Å². The first kappa shape index (κ1) is 15.5. The quantitative estimate of drug-likeness (QED) is 0.891. The van der Waals surface area contributed by atoms with E-state index in [9.17, 15) is 4.79 Å². The lowest BCUT2D eigenvalue weighted by molar-refractivity contribution is -0.136. The topological polar surface area (TPSA) is 58.4 Å². The molecule has 0 bridgehead atoms. The summed E-state index contributed by atoms with van der Waals surface area (Å²) in [5, 5.41) is 3.43. The van der Waals surface area contributed by atoms with E-state index in [0.29, 0.717) is 24.3 Å². The summed E-state index contributed by atoms with van der Waals surface area (Å²) < 4.78 is 0. The molecule has 0 saturated carbocycles. The van der Waals surface area contributed by atoms with Crippen molar-refractivity contribution in [3.8, 4) is 0 Å². The Labute approximate surface area is 133 Å². The van der Waals surface area contributed by atoms with E-state index < -0.39 is 0 Å². The van der Waals surface area contributed by atoms with Crippen LogP contribution in [0.15, 0.2) is 30.3 Å². The van der Waals surface area contributed by atoms with Crippen LogP contribution in [-0.4, -0.2) is 43.0 Å². The van der Waals surface area contributed by atoms with Gasteiger partial charge in [-0.15, -0.1) is 0 Å². The minimum atomic E-state index is 0.127. The molecule has 22 heavy (non-hydrogen) atoms. The fraction of sp³-hybridized carbons (Fsp3) is 0.611. The van der Waals surface area contributed by atoms with Crippen molar-refractivity contribution in [1.82, 2.24) is 10.2 Å².